The van der Waals surface area contributed by atoms with Gasteiger partial charge in [0.05, 0.1) is 6.61 Å². The largest absolute Gasteiger partial charge is 0.383 e. The molecule has 1 N–H and O–H groups in total. The quantitative estimate of drug-likeness (QED) is 0.751. The fourth-order valence-electron chi connectivity index (χ4n) is 2.36. The zero-order valence-corrected chi connectivity index (χ0v) is 10.1. The molecule has 1 fully saturated rings. The second-order valence-corrected chi connectivity index (χ2v) is 5.42. The van der Waals surface area contributed by atoms with E-state index in [9.17, 15) is 0 Å². The van der Waals surface area contributed by atoms with Gasteiger partial charge in [-0.2, -0.15) is 0 Å². The van der Waals surface area contributed by atoms with Crippen molar-refractivity contribution in [2.75, 3.05) is 13.7 Å². The van der Waals surface area contributed by atoms with Crippen molar-refractivity contribution in [1.29, 1.82) is 0 Å². The van der Waals surface area contributed by atoms with Crippen LogP contribution in [0.5, 0.6) is 0 Å². The lowest BCUT2D eigenvalue weighted by Gasteiger charge is -2.35. The van der Waals surface area contributed by atoms with E-state index < -0.39 is 0 Å². The average molecular weight is 199 g/mol. The van der Waals surface area contributed by atoms with Crippen LogP contribution in [0, 0.1) is 5.92 Å². The van der Waals surface area contributed by atoms with Gasteiger partial charge >= 0.3 is 0 Å². The molecule has 84 valence electrons. The van der Waals surface area contributed by atoms with Crippen molar-refractivity contribution in [2.24, 2.45) is 5.92 Å². The van der Waals surface area contributed by atoms with Crippen LogP contribution in [0.2, 0.25) is 0 Å². The van der Waals surface area contributed by atoms with Crippen LogP contribution in [0.15, 0.2) is 0 Å². The third-order valence-corrected chi connectivity index (χ3v) is 3.12. The molecule has 1 aliphatic rings. The second kappa shape index (κ2) is 5.13. The number of methoxy groups -OCH3 is 1. The van der Waals surface area contributed by atoms with E-state index in [1.807, 2.05) is 0 Å². The van der Waals surface area contributed by atoms with E-state index >= 15 is 0 Å². The maximum Gasteiger partial charge on any atom is 0.0639 e. The van der Waals surface area contributed by atoms with E-state index in [-0.39, 0.29) is 5.54 Å². The van der Waals surface area contributed by atoms with Crippen LogP contribution in [-0.4, -0.2) is 25.3 Å². The van der Waals surface area contributed by atoms with E-state index in [1.54, 1.807) is 7.11 Å². The molecule has 1 rings (SSSR count). The van der Waals surface area contributed by atoms with Crippen molar-refractivity contribution in [1.82, 2.24) is 5.32 Å². The average Bonchev–Trinajstić information content (AvgIpc) is 2.08. The smallest absolute Gasteiger partial charge is 0.0639 e. The maximum atomic E-state index is 5.21. The first kappa shape index (κ1) is 12.0. The molecular formula is C12H25NO. The van der Waals surface area contributed by atoms with Crippen LogP contribution >= 0.6 is 0 Å². The van der Waals surface area contributed by atoms with E-state index in [2.05, 4.69) is 26.1 Å². The van der Waals surface area contributed by atoms with Gasteiger partial charge in [-0.25, -0.2) is 0 Å². The van der Waals surface area contributed by atoms with Gasteiger partial charge in [-0.1, -0.05) is 6.92 Å². The molecule has 0 spiro atoms. The van der Waals surface area contributed by atoms with Crippen LogP contribution in [0.3, 0.4) is 0 Å². The maximum absolute atomic E-state index is 5.21. The standard InChI is InChI=1S/C12H25NO/c1-10-5-7-11(8-6-10)13-12(2,3)9-14-4/h10-11,13H,5-9H2,1-4H3. The summed E-state index contributed by atoms with van der Waals surface area (Å²) in [7, 11) is 1.77. The summed E-state index contributed by atoms with van der Waals surface area (Å²) < 4.78 is 5.21. The molecule has 0 atom stereocenters. The molecule has 0 heterocycles. The summed E-state index contributed by atoms with van der Waals surface area (Å²) in [5, 5.41) is 3.69. The molecule has 0 saturated heterocycles. The highest BCUT2D eigenvalue weighted by Gasteiger charge is 2.24. The highest BCUT2D eigenvalue weighted by atomic mass is 16.5. The Labute approximate surface area is 88.4 Å². The van der Waals surface area contributed by atoms with Crippen molar-refractivity contribution in [3.8, 4) is 0 Å². The molecule has 0 amide bonds. The number of nitrogens with one attached hydrogen (secondary N) is 1. The van der Waals surface area contributed by atoms with Gasteiger partial charge in [0.2, 0.25) is 0 Å². The number of rotatable bonds is 4. The van der Waals surface area contributed by atoms with Gasteiger partial charge in [-0.05, 0) is 45.4 Å². The van der Waals surface area contributed by atoms with Gasteiger partial charge in [0, 0.05) is 18.7 Å². The third-order valence-electron chi connectivity index (χ3n) is 3.12. The Morgan fingerprint density at radius 2 is 1.79 bits per heavy atom. The van der Waals surface area contributed by atoms with E-state index in [0.29, 0.717) is 6.04 Å². The Morgan fingerprint density at radius 3 is 2.29 bits per heavy atom. The summed E-state index contributed by atoms with van der Waals surface area (Å²) in [5.74, 6) is 0.929. The van der Waals surface area contributed by atoms with Crippen LogP contribution in [0.4, 0.5) is 0 Å². The normalized spacial score (nSPS) is 29.1. The molecular weight excluding hydrogens is 174 g/mol. The SMILES string of the molecule is COCC(C)(C)NC1CCC(C)CC1. The minimum absolute atomic E-state index is 0.125. The molecule has 0 bridgehead atoms. The van der Waals surface area contributed by atoms with Crippen molar-refractivity contribution >= 4 is 0 Å². The van der Waals surface area contributed by atoms with Crippen LogP contribution < -0.4 is 5.32 Å². The second-order valence-electron chi connectivity index (χ2n) is 5.42. The van der Waals surface area contributed by atoms with Crippen molar-refractivity contribution in [3.63, 3.8) is 0 Å². The van der Waals surface area contributed by atoms with Gasteiger partial charge in [-0.15, -0.1) is 0 Å². The number of hydrogen-bond acceptors (Lipinski definition) is 2. The molecule has 1 saturated carbocycles. The van der Waals surface area contributed by atoms with Crippen molar-refractivity contribution < 1.29 is 4.74 Å². The predicted molar refractivity (Wildman–Crippen MR) is 60.5 cm³/mol. The first-order valence-corrected chi connectivity index (χ1v) is 5.80. The first-order valence-electron chi connectivity index (χ1n) is 5.80. The molecule has 14 heavy (non-hydrogen) atoms. The molecule has 0 aliphatic heterocycles. The summed E-state index contributed by atoms with van der Waals surface area (Å²) in [6, 6.07) is 0.705. The molecule has 0 aromatic rings. The fourth-order valence-corrected chi connectivity index (χ4v) is 2.36. The van der Waals surface area contributed by atoms with Crippen LogP contribution in [-0.2, 0) is 4.74 Å². The summed E-state index contributed by atoms with van der Waals surface area (Å²) >= 11 is 0. The molecule has 2 heteroatoms. The topological polar surface area (TPSA) is 21.3 Å². The Balaban J connectivity index is 2.29. The number of ether oxygens (including phenoxy) is 1. The molecule has 1 aliphatic carbocycles. The highest BCUT2D eigenvalue weighted by Crippen LogP contribution is 2.24. The molecule has 0 aromatic heterocycles. The van der Waals surface area contributed by atoms with Crippen LogP contribution in [0.25, 0.3) is 0 Å². The lowest BCUT2D eigenvalue weighted by atomic mass is 9.86. The van der Waals surface area contributed by atoms with Gasteiger partial charge in [0.15, 0.2) is 0 Å². The summed E-state index contributed by atoms with van der Waals surface area (Å²) in [6.07, 6.45) is 5.41. The molecule has 0 unspecified atom stereocenters. The summed E-state index contributed by atoms with van der Waals surface area (Å²) in [4.78, 5) is 0. The van der Waals surface area contributed by atoms with Gasteiger partial charge < -0.3 is 10.1 Å². The Morgan fingerprint density at radius 1 is 1.21 bits per heavy atom. The Hall–Kier alpha value is -0.0800. The highest BCUT2D eigenvalue weighted by molar-refractivity contribution is 4.84. The fraction of sp³-hybridized carbons (Fsp3) is 1.00. The molecule has 2 nitrogen and oxygen atoms in total. The van der Waals surface area contributed by atoms with E-state index in [0.717, 1.165) is 12.5 Å². The lowest BCUT2D eigenvalue weighted by Crippen LogP contribution is -2.49. The van der Waals surface area contributed by atoms with Gasteiger partial charge in [0.1, 0.15) is 0 Å². The zero-order chi connectivity index (χ0) is 10.6. The minimum Gasteiger partial charge on any atom is -0.383 e. The predicted octanol–water partition coefficient (Wildman–Crippen LogP) is 2.58. The van der Waals surface area contributed by atoms with E-state index in [1.165, 1.54) is 25.7 Å². The van der Waals surface area contributed by atoms with Crippen molar-refractivity contribution in [2.45, 2.75) is 58.0 Å². The van der Waals surface area contributed by atoms with Crippen LogP contribution in [0.1, 0.15) is 46.5 Å². The zero-order valence-electron chi connectivity index (χ0n) is 10.1. The van der Waals surface area contributed by atoms with Gasteiger partial charge in [-0.3, -0.25) is 0 Å². The Kier molecular flexibility index (Phi) is 4.39. The van der Waals surface area contributed by atoms with E-state index in [4.69, 9.17) is 4.74 Å². The molecule has 0 radical (unpaired) electrons. The third kappa shape index (κ3) is 3.97. The Bertz CT molecular complexity index is 160. The lowest BCUT2D eigenvalue weighted by molar-refractivity contribution is 0.113. The summed E-state index contributed by atoms with van der Waals surface area (Å²) in [6.45, 7) is 7.58. The monoisotopic (exact) mass is 199 g/mol. The number of hydrogen-bond donors (Lipinski definition) is 1. The minimum atomic E-state index is 0.125. The van der Waals surface area contributed by atoms with Gasteiger partial charge in [0.25, 0.3) is 0 Å². The summed E-state index contributed by atoms with van der Waals surface area (Å²) in [5.41, 5.74) is 0.125. The molecule has 0 aromatic carbocycles. The first-order chi connectivity index (χ1) is 6.53. The van der Waals surface area contributed by atoms with Crippen molar-refractivity contribution in [3.05, 3.63) is 0 Å².